The van der Waals surface area contributed by atoms with Crippen LogP contribution in [-0.2, 0) is 4.79 Å². The lowest BCUT2D eigenvalue weighted by Gasteiger charge is -2.22. The fraction of sp³-hybridized carbons (Fsp3) is 0.833. The Kier molecular flexibility index (Phi) is 5.58. The molecule has 2 aliphatic rings. The van der Waals surface area contributed by atoms with E-state index in [9.17, 15) is 9.59 Å². The Labute approximate surface area is 120 Å². The normalized spacial score (nSPS) is 23.8. The molecule has 19 heavy (non-hydrogen) atoms. The highest BCUT2D eigenvalue weighted by Crippen LogP contribution is 2.16. The number of imide groups is 1. The molecular weight excluding hydrogens is 268 g/mol. The zero-order chi connectivity index (χ0) is 13.2. The second kappa shape index (κ2) is 6.54. The van der Waals surface area contributed by atoms with Gasteiger partial charge < -0.3 is 15.5 Å². The van der Waals surface area contributed by atoms with Gasteiger partial charge in [0.05, 0.1) is 0 Å². The van der Waals surface area contributed by atoms with E-state index in [4.69, 9.17) is 0 Å². The summed E-state index contributed by atoms with van der Waals surface area (Å²) in [5, 5.41) is 6.03. The molecule has 0 aromatic rings. The first-order chi connectivity index (χ1) is 8.50. The molecular formula is C12H23ClN4O2. The van der Waals surface area contributed by atoms with Gasteiger partial charge >= 0.3 is 6.03 Å². The molecule has 0 radical (unpaired) electrons. The van der Waals surface area contributed by atoms with Gasteiger partial charge in [0, 0.05) is 26.2 Å². The van der Waals surface area contributed by atoms with E-state index in [1.807, 2.05) is 0 Å². The quantitative estimate of drug-likeness (QED) is 0.720. The molecule has 6 nitrogen and oxygen atoms in total. The second-order valence-electron chi connectivity index (χ2n) is 5.46. The molecule has 0 aromatic heterocycles. The molecule has 0 bridgehead atoms. The van der Waals surface area contributed by atoms with Crippen molar-refractivity contribution >= 4 is 24.3 Å². The number of amides is 3. The van der Waals surface area contributed by atoms with E-state index in [1.54, 1.807) is 13.8 Å². The van der Waals surface area contributed by atoms with Crippen molar-refractivity contribution in [2.75, 3.05) is 39.3 Å². The summed E-state index contributed by atoms with van der Waals surface area (Å²) in [6.45, 7) is 8.75. The van der Waals surface area contributed by atoms with Crippen molar-refractivity contribution in [3.8, 4) is 0 Å². The Hall–Kier alpha value is -0.850. The van der Waals surface area contributed by atoms with Gasteiger partial charge in [0.1, 0.15) is 5.54 Å². The highest BCUT2D eigenvalue weighted by atomic mass is 35.5. The van der Waals surface area contributed by atoms with Crippen LogP contribution in [0.15, 0.2) is 0 Å². The predicted molar refractivity (Wildman–Crippen MR) is 75.5 cm³/mol. The molecule has 2 saturated heterocycles. The van der Waals surface area contributed by atoms with Crippen LogP contribution in [0.4, 0.5) is 4.79 Å². The number of carbonyl (C=O) groups excluding carboxylic acids is 2. The van der Waals surface area contributed by atoms with Gasteiger partial charge in [-0.25, -0.2) is 4.79 Å². The van der Waals surface area contributed by atoms with Crippen LogP contribution in [0.1, 0.15) is 20.3 Å². The number of nitrogens with zero attached hydrogens (tertiary/aromatic N) is 2. The first-order valence-electron chi connectivity index (χ1n) is 6.58. The molecule has 2 N–H and O–H groups in total. The van der Waals surface area contributed by atoms with Crippen molar-refractivity contribution in [2.24, 2.45) is 0 Å². The number of halogens is 1. The Balaban J connectivity index is 0.00000180. The molecule has 2 aliphatic heterocycles. The molecule has 3 amide bonds. The van der Waals surface area contributed by atoms with E-state index in [-0.39, 0.29) is 24.3 Å². The van der Waals surface area contributed by atoms with Crippen molar-refractivity contribution in [1.29, 1.82) is 0 Å². The van der Waals surface area contributed by atoms with Gasteiger partial charge in [0.2, 0.25) is 0 Å². The Morgan fingerprint density at radius 2 is 1.89 bits per heavy atom. The van der Waals surface area contributed by atoms with Gasteiger partial charge in [-0.05, 0) is 33.4 Å². The number of rotatable bonds is 3. The lowest BCUT2D eigenvalue weighted by Crippen LogP contribution is -2.42. The van der Waals surface area contributed by atoms with E-state index in [1.165, 1.54) is 4.90 Å². The van der Waals surface area contributed by atoms with E-state index >= 15 is 0 Å². The van der Waals surface area contributed by atoms with Crippen LogP contribution in [0.2, 0.25) is 0 Å². The summed E-state index contributed by atoms with van der Waals surface area (Å²) in [5.74, 6) is -0.125. The molecule has 2 fully saturated rings. The summed E-state index contributed by atoms with van der Waals surface area (Å²) in [5.41, 5.74) is -0.753. The summed E-state index contributed by atoms with van der Waals surface area (Å²) in [7, 11) is 0. The lowest BCUT2D eigenvalue weighted by molar-refractivity contribution is -0.130. The fourth-order valence-corrected chi connectivity index (χ4v) is 2.39. The van der Waals surface area contributed by atoms with Crippen LogP contribution in [0.3, 0.4) is 0 Å². The van der Waals surface area contributed by atoms with Crippen LogP contribution in [0.5, 0.6) is 0 Å². The molecule has 0 unspecified atom stereocenters. The molecule has 110 valence electrons. The van der Waals surface area contributed by atoms with Crippen molar-refractivity contribution in [3.05, 3.63) is 0 Å². The number of nitrogens with one attached hydrogen (secondary N) is 2. The summed E-state index contributed by atoms with van der Waals surface area (Å²) in [6.07, 6.45) is 1.12. The van der Waals surface area contributed by atoms with Gasteiger partial charge in [-0.15, -0.1) is 12.4 Å². The minimum absolute atomic E-state index is 0. The highest BCUT2D eigenvalue weighted by molar-refractivity contribution is 6.06. The third-order valence-electron chi connectivity index (χ3n) is 3.52. The van der Waals surface area contributed by atoms with E-state index in [2.05, 4.69) is 15.5 Å². The maximum atomic E-state index is 12.0. The first kappa shape index (κ1) is 16.2. The maximum Gasteiger partial charge on any atom is 0.325 e. The Morgan fingerprint density at radius 3 is 2.53 bits per heavy atom. The predicted octanol–water partition coefficient (Wildman–Crippen LogP) is 0.0339. The van der Waals surface area contributed by atoms with Gasteiger partial charge in [0.25, 0.3) is 5.91 Å². The van der Waals surface area contributed by atoms with Crippen LogP contribution in [0, 0.1) is 0 Å². The molecule has 0 aromatic carbocycles. The fourth-order valence-electron chi connectivity index (χ4n) is 2.39. The van der Waals surface area contributed by atoms with Gasteiger partial charge in [-0.2, -0.15) is 0 Å². The molecule has 0 saturated carbocycles. The van der Waals surface area contributed by atoms with Crippen molar-refractivity contribution < 1.29 is 9.59 Å². The SMILES string of the molecule is CC1(C)NC(=O)N(CCN2CCCNCC2)C1=O.Cl. The van der Waals surface area contributed by atoms with Gasteiger partial charge in [-0.3, -0.25) is 9.69 Å². The molecule has 0 atom stereocenters. The summed E-state index contributed by atoms with van der Waals surface area (Å²) >= 11 is 0. The van der Waals surface area contributed by atoms with Gasteiger partial charge in [0.15, 0.2) is 0 Å². The zero-order valence-corrected chi connectivity index (χ0v) is 12.4. The lowest BCUT2D eigenvalue weighted by atomic mass is 10.1. The third kappa shape index (κ3) is 3.81. The van der Waals surface area contributed by atoms with Crippen LogP contribution in [-0.4, -0.2) is 66.5 Å². The highest BCUT2D eigenvalue weighted by Gasteiger charge is 2.43. The summed E-state index contributed by atoms with van der Waals surface area (Å²) in [6, 6.07) is -0.266. The molecule has 0 aliphatic carbocycles. The van der Waals surface area contributed by atoms with Crippen LogP contribution in [0.25, 0.3) is 0 Å². The number of carbonyl (C=O) groups is 2. The van der Waals surface area contributed by atoms with Crippen LogP contribution >= 0.6 is 12.4 Å². The third-order valence-corrected chi connectivity index (χ3v) is 3.52. The average Bonchev–Trinajstić information content (AvgIpc) is 2.53. The second-order valence-corrected chi connectivity index (χ2v) is 5.46. The zero-order valence-electron chi connectivity index (χ0n) is 11.6. The number of hydrogen-bond acceptors (Lipinski definition) is 4. The molecule has 7 heteroatoms. The minimum atomic E-state index is -0.753. The van der Waals surface area contributed by atoms with Gasteiger partial charge in [-0.1, -0.05) is 0 Å². The standard InChI is InChI=1S/C12H22N4O2.ClH/c1-12(2)10(17)16(11(18)14-12)9-8-15-6-3-4-13-5-7-15;/h13H,3-9H2,1-2H3,(H,14,18);1H. The monoisotopic (exact) mass is 290 g/mol. The number of hydrogen-bond donors (Lipinski definition) is 2. The summed E-state index contributed by atoms with van der Waals surface area (Å²) in [4.78, 5) is 27.3. The molecule has 0 spiro atoms. The van der Waals surface area contributed by atoms with Crippen molar-refractivity contribution in [2.45, 2.75) is 25.8 Å². The number of urea groups is 1. The Morgan fingerprint density at radius 1 is 1.16 bits per heavy atom. The van der Waals surface area contributed by atoms with Crippen LogP contribution < -0.4 is 10.6 Å². The van der Waals surface area contributed by atoms with Crippen molar-refractivity contribution in [1.82, 2.24) is 20.4 Å². The summed E-state index contributed by atoms with van der Waals surface area (Å²) < 4.78 is 0. The maximum absolute atomic E-state index is 12.0. The largest absolute Gasteiger partial charge is 0.325 e. The van der Waals surface area contributed by atoms with Crippen molar-refractivity contribution in [3.63, 3.8) is 0 Å². The Bertz CT molecular complexity index is 341. The first-order valence-corrected chi connectivity index (χ1v) is 6.58. The molecule has 2 rings (SSSR count). The smallest absolute Gasteiger partial charge is 0.324 e. The van der Waals surface area contributed by atoms with E-state index in [0.29, 0.717) is 6.54 Å². The van der Waals surface area contributed by atoms with E-state index < -0.39 is 5.54 Å². The molecule has 2 heterocycles. The topological polar surface area (TPSA) is 64.7 Å². The van der Waals surface area contributed by atoms with E-state index in [0.717, 1.165) is 39.1 Å². The minimum Gasteiger partial charge on any atom is -0.324 e. The average molecular weight is 291 g/mol.